The van der Waals surface area contributed by atoms with Crippen molar-refractivity contribution in [3.05, 3.63) is 68.3 Å². The summed E-state index contributed by atoms with van der Waals surface area (Å²) >= 11 is 0. The third-order valence-electron chi connectivity index (χ3n) is 4.04. The maximum absolute atomic E-state index is 12.3. The van der Waals surface area contributed by atoms with E-state index in [4.69, 9.17) is 4.74 Å². The topological polar surface area (TPSA) is 102 Å². The number of rotatable bonds is 5. The van der Waals surface area contributed by atoms with Crippen molar-refractivity contribution in [2.45, 2.75) is 11.8 Å². The van der Waals surface area contributed by atoms with Crippen molar-refractivity contribution >= 4 is 26.3 Å². The Morgan fingerprint density at radius 3 is 2.19 bits per heavy atom. The van der Waals surface area contributed by atoms with Crippen molar-refractivity contribution in [3.63, 3.8) is 0 Å². The van der Waals surface area contributed by atoms with Crippen molar-refractivity contribution in [2.75, 3.05) is 18.3 Å². The number of ether oxygens (including phenoxy) is 1. The van der Waals surface area contributed by atoms with E-state index in [-0.39, 0.29) is 21.7 Å². The molecule has 0 aliphatic carbocycles. The van der Waals surface area contributed by atoms with Gasteiger partial charge >= 0.3 is 0 Å². The average molecular weight is 372 g/mol. The van der Waals surface area contributed by atoms with Gasteiger partial charge in [-0.15, -0.1) is 0 Å². The fraction of sp³-hybridized carbons (Fsp3) is 0.167. The summed E-state index contributed by atoms with van der Waals surface area (Å²) < 4.78 is 29.3. The van der Waals surface area contributed by atoms with E-state index in [1.807, 2.05) is 0 Å². The number of anilines is 1. The Kier molecular flexibility index (Phi) is 4.60. The molecular formula is C18H16N2O5S. The molecule has 3 rings (SSSR count). The van der Waals surface area contributed by atoms with Crippen LogP contribution in [0, 0.1) is 0 Å². The fourth-order valence-electron chi connectivity index (χ4n) is 2.59. The first kappa shape index (κ1) is 17.8. The van der Waals surface area contributed by atoms with E-state index in [0.717, 1.165) is 0 Å². The number of benzene rings is 2. The van der Waals surface area contributed by atoms with Gasteiger partial charge in [-0.25, -0.2) is 8.42 Å². The molecule has 0 aliphatic rings. The lowest BCUT2D eigenvalue weighted by atomic mass is 10.2. The third kappa shape index (κ3) is 2.99. The van der Waals surface area contributed by atoms with E-state index in [0.29, 0.717) is 16.5 Å². The number of fused-ring (bicyclic) bond motifs is 1. The second kappa shape index (κ2) is 6.72. The number of hydrogen-bond acceptors (Lipinski definition) is 7. The summed E-state index contributed by atoms with van der Waals surface area (Å²) in [5.41, 5.74) is 1.88. The lowest BCUT2D eigenvalue weighted by Crippen LogP contribution is -2.32. The van der Waals surface area contributed by atoms with Gasteiger partial charge in [0.2, 0.25) is 10.9 Å². The molecule has 0 radical (unpaired) electrons. The zero-order valence-corrected chi connectivity index (χ0v) is 15.0. The zero-order valence-electron chi connectivity index (χ0n) is 14.1. The molecule has 7 nitrogen and oxygen atoms in total. The predicted octanol–water partition coefficient (Wildman–Crippen LogP) is 1.17. The Balaban J connectivity index is 2.13. The molecule has 3 aromatic rings. The molecule has 134 valence electrons. The largest absolute Gasteiger partial charge is 0.495 e. The average Bonchev–Trinajstić information content (AvgIpc) is 2.90. The second-order valence-electron chi connectivity index (χ2n) is 5.54. The lowest BCUT2D eigenvalue weighted by molar-refractivity contribution is 0.416. The summed E-state index contributed by atoms with van der Waals surface area (Å²) in [7, 11) is -2.01. The summed E-state index contributed by atoms with van der Waals surface area (Å²) in [4.78, 5) is 24.8. The Labute approximate surface area is 149 Å². The summed E-state index contributed by atoms with van der Waals surface area (Å²) in [6.07, 6.45) is 0. The highest BCUT2D eigenvalue weighted by Crippen LogP contribution is 2.27. The predicted molar refractivity (Wildman–Crippen MR) is 98.8 cm³/mol. The Morgan fingerprint density at radius 1 is 1.04 bits per heavy atom. The Bertz CT molecular complexity index is 1190. The number of nitrogens with zero attached hydrogens (tertiary/aromatic N) is 1. The SMILES string of the molecule is CCS(=O)(=O)c1ccc(OC)c(NN=c2c(=O)c3ccccc3c2=O)c1. The van der Waals surface area contributed by atoms with Crippen molar-refractivity contribution in [1.29, 1.82) is 0 Å². The van der Waals surface area contributed by atoms with E-state index < -0.39 is 20.7 Å². The maximum Gasteiger partial charge on any atom is 0.217 e. The number of nitrogens with one attached hydrogen (secondary N) is 1. The molecule has 0 saturated carbocycles. The summed E-state index contributed by atoms with van der Waals surface area (Å²) in [6, 6.07) is 10.7. The number of hydrogen-bond donors (Lipinski definition) is 1. The van der Waals surface area contributed by atoms with Crippen LogP contribution in [0.3, 0.4) is 0 Å². The van der Waals surface area contributed by atoms with E-state index >= 15 is 0 Å². The van der Waals surface area contributed by atoms with Gasteiger partial charge < -0.3 is 4.74 Å². The molecule has 0 bridgehead atoms. The van der Waals surface area contributed by atoms with Crippen molar-refractivity contribution in [1.82, 2.24) is 0 Å². The highest BCUT2D eigenvalue weighted by atomic mass is 32.2. The highest BCUT2D eigenvalue weighted by molar-refractivity contribution is 7.91. The molecule has 0 amide bonds. The standard InChI is InChI=1S/C18H16N2O5S/c1-3-26(23,24)11-8-9-15(25-2)14(10-11)19-20-16-17(21)12-6-4-5-7-13(12)18(16)22/h4-10,19H,3H2,1-2H3. The van der Waals surface area contributed by atoms with Crippen LogP contribution in [0.4, 0.5) is 5.69 Å². The van der Waals surface area contributed by atoms with Gasteiger partial charge in [-0.2, -0.15) is 5.10 Å². The molecular weight excluding hydrogens is 356 g/mol. The third-order valence-corrected chi connectivity index (χ3v) is 5.78. The van der Waals surface area contributed by atoms with E-state index in [1.165, 1.54) is 25.3 Å². The summed E-state index contributed by atoms with van der Waals surface area (Å²) in [5.74, 6) is 0.277. The molecule has 8 heteroatoms. The fourth-order valence-corrected chi connectivity index (χ4v) is 3.50. The highest BCUT2D eigenvalue weighted by Gasteiger charge is 2.15. The molecule has 0 heterocycles. The van der Waals surface area contributed by atoms with Crippen LogP contribution in [0.1, 0.15) is 6.92 Å². The van der Waals surface area contributed by atoms with E-state index in [2.05, 4.69) is 10.5 Å². The quantitative estimate of drug-likeness (QED) is 0.675. The van der Waals surface area contributed by atoms with Crippen molar-refractivity contribution in [2.24, 2.45) is 5.10 Å². The van der Waals surface area contributed by atoms with Gasteiger partial charge in [0.25, 0.3) is 0 Å². The minimum Gasteiger partial charge on any atom is -0.495 e. The first-order chi connectivity index (χ1) is 12.4. The molecule has 3 aromatic carbocycles. The van der Waals surface area contributed by atoms with Crippen LogP contribution in [0.25, 0.3) is 10.8 Å². The minimum atomic E-state index is -3.43. The number of sulfone groups is 1. The zero-order chi connectivity index (χ0) is 18.9. The van der Waals surface area contributed by atoms with Crippen LogP contribution in [-0.2, 0) is 9.84 Å². The molecule has 0 atom stereocenters. The van der Waals surface area contributed by atoms with Gasteiger partial charge in [0, 0.05) is 10.8 Å². The van der Waals surface area contributed by atoms with Crippen molar-refractivity contribution in [3.8, 4) is 5.75 Å². The maximum atomic E-state index is 12.3. The van der Waals surface area contributed by atoms with Gasteiger partial charge in [0.15, 0.2) is 15.2 Å². The van der Waals surface area contributed by atoms with Gasteiger partial charge in [-0.05, 0) is 18.2 Å². The second-order valence-corrected chi connectivity index (χ2v) is 7.82. The van der Waals surface area contributed by atoms with Crippen molar-refractivity contribution < 1.29 is 13.2 Å². The van der Waals surface area contributed by atoms with Gasteiger partial charge in [-0.3, -0.25) is 15.0 Å². The molecule has 0 aromatic heterocycles. The summed E-state index contributed by atoms with van der Waals surface area (Å²) in [6.45, 7) is 1.54. The van der Waals surface area contributed by atoms with Gasteiger partial charge in [0.1, 0.15) is 5.75 Å². The van der Waals surface area contributed by atoms with Gasteiger partial charge in [-0.1, -0.05) is 31.2 Å². The van der Waals surface area contributed by atoms with Gasteiger partial charge in [0.05, 0.1) is 23.4 Å². The summed E-state index contributed by atoms with van der Waals surface area (Å²) in [5, 5.41) is 4.26. The monoisotopic (exact) mass is 372 g/mol. The smallest absolute Gasteiger partial charge is 0.217 e. The molecule has 0 spiro atoms. The molecule has 0 saturated heterocycles. The van der Waals surface area contributed by atoms with Crippen LogP contribution in [0.2, 0.25) is 0 Å². The lowest BCUT2D eigenvalue weighted by Gasteiger charge is -2.09. The molecule has 26 heavy (non-hydrogen) atoms. The first-order valence-corrected chi connectivity index (χ1v) is 9.47. The molecule has 0 aliphatic heterocycles. The molecule has 0 fully saturated rings. The molecule has 1 N–H and O–H groups in total. The number of methoxy groups -OCH3 is 1. The van der Waals surface area contributed by atoms with Crippen LogP contribution in [-0.4, -0.2) is 21.3 Å². The Morgan fingerprint density at radius 2 is 1.65 bits per heavy atom. The van der Waals surface area contributed by atoms with Crippen LogP contribution < -0.4 is 26.4 Å². The minimum absolute atomic E-state index is 0.0560. The van der Waals surface area contributed by atoms with Crippen LogP contribution in [0.15, 0.2) is 62.1 Å². The molecule has 0 unspecified atom stereocenters. The Hall–Kier alpha value is -3.00. The van der Waals surface area contributed by atoms with E-state index in [9.17, 15) is 18.0 Å². The van der Waals surface area contributed by atoms with Crippen LogP contribution >= 0.6 is 0 Å². The van der Waals surface area contributed by atoms with E-state index in [1.54, 1.807) is 31.2 Å². The first-order valence-electron chi connectivity index (χ1n) is 7.82. The van der Waals surface area contributed by atoms with Crippen LogP contribution in [0.5, 0.6) is 5.75 Å². The normalized spacial score (nSPS) is 11.5.